The summed E-state index contributed by atoms with van der Waals surface area (Å²) in [5.74, 6) is -1.87. The number of likely N-dealkylation sites (tertiary alicyclic amines) is 2. The number of amides is 3. The van der Waals surface area contributed by atoms with Crippen molar-refractivity contribution in [3.8, 4) is 0 Å². The molecule has 3 unspecified atom stereocenters. The van der Waals surface area contributed by atoms with Gasteiger partial charge in [-0.2, -0.15) is 5.10 Å². The molecule has 2 saturated heterocycles. The summed E-state index contributed by atoms with van der Waals surface area (Å²) < 4.78 is 40.4. The third-order valence-corrected chi connectivity index (χ3v) is 8.57. The van der Waals surface area contributed by atoms with Gasteiger partial charge < -0.3 is 14.8 Å². The molecule has 0 saturated carbocycles. The lowest BCUT2D eigenvalue weighted by molar-refractivity contribution is 0.0221. The number of aromatic nitrogens is 2. The van der Waals surface area contributed by atoms with Crippen molar-refractivity contribution in [2.24, 2.45) is 0 Å². The maximum Gasteiger partial charge on any atom is 0.410 e. The normalized spacial score (nSPS) is 22.1. The number of halogens is 3. The molecule has 0 radical (unpaired) electrons. The fourth-order valence-electron chi connectivity index (χ4n) is 6.10. The third-order valence-electron chi connectivity index (χ3n) is 8.20. The number of hydrogen-bond acceptors (Lipinski definition) is 6. The van der Waals surface area contributed by atoms with Gasteiger partial charge >= 0.3 is 12.1 Å². The number of allylic oxidation sites excluding steroid dienone is 4. The van der Waals surface area contributed by atoms with Crippen LogP contribution in [0.25, 0.3) is 5.70 Å². The Hall–Kier alpha value is -3.48. The zero-order valence-electron chi connectivity index (χ0n) is 26.1. The Bertz CT molecular complexity index is 1470. The van der Waals surface area contributed by atoms with Crippen LogP contribution < -0.4 is 10.6 Å². The second kappa shape index (κ2) is 13.9. The lowest BCUT2D eigenvalue weighted by atomic mass is 9.94. The molecule has 0 bridgehead atoms. The van der Waals surface area contributed by atoms with E-state index < -0.39 is 41.4 Å². The van der Waals surface area contributed by atoms with Crippen LogP contribution in [-0.2, 0) is 9.47 Å². The first-order chi connectivity index (χ1) is 21.4. The Balaban J connectivity index is 1.41. The molecule has 1 aliphatic carbocycles. The van der Waals surface area contributed by atoms with E-state index in [0.717, 1.165) is 31.0 Å². The van der Waals surface area contributed by atoms with E-state index in [9.17, 15) is 18.4 Å². The molecule has 45 heavy (non-hydrogen) atoms. The number of carbonyl (C=O) groups is 2. The van der Waals surface area contributed by atoms with Crippen molar-refractivity contribution < 1.29 is 27.8 Å². The Labute approximate surface area is 267 Å². The predicted octanol–water partition coefficient (Wildman–Crippen LogP) is 6.31. The van der Waals surface area contributed by atoms with Gasteiger partial charge in [-0.05, 0) is 70.2 Å². The van der Waals surface area contributed by atoms with Crippen LogP contribution in [0, 0.1) is 11.6 Å². The molecule has 244 valence electrons. The maximum atomic E-state index is 14.2. The number of nitrogens with one attached hydrogen (secondary N) is 2. The largest absolute Gasteiger partial charge is 0.444 e. The van der Waals surface area contributed by atoms with Gasteiger partial charge in [0.25, 0.3) is 0 Å². The van der Waals surface area contributed by atoms with Gasteiger partial charge in [-0.1, -0.05) is 29.8 Å². The van der Waals surface area contributed by atoms with Crippen LogP contribution in [-0.4, -0.2) is 83.2 Å². The average Bonchev–Trinajstić information content (AvgIpc) is 3.71. The monoisotopic (exact) mass is 646 g/mol. The summed E-state index contributed by atoms with van der Waals surface area (Å²) in [6, 6.07) is 2.48. The van der Waals surface area contributed by atoms with Gasteiger partial charge in [0.15, 0.2) is 17.5 Å². The van der Waals surface area contributed by atoms with Gasteiger partial charge in [-0.15, -0.1) is 0 Å². The van der Waals surface area contributed by atoms with Gasteiger partial charge in [0, 0.05) is 39.2 Å². The molecule has 3 amide bonds. The quantitative estimate of drug-likeness (QED) is 0.349. The van der Waals surface area contributed by atoms with E-state index in [2.05, 4.69) is 15.5 Å². The first-order valence-electron chi connectivity index (χ1n) is 15.3. The molecular formula is C32H41ClF2N6O4. The Morgan fingerprint density at radius 1 is 1.16 bits per heavy atom. The second-order valence-corrected chi connectivity index (χ2v) is 13.0. The van der Waals surface area contributed by atoms with Crippen LogP contribution in [0.4, 0.5) is 24.2 Å². The molecule has 10 nitrogen and oxygen atoms in total. The van der Waals surface area contributed by atoms with Gasteiger partial charge in [0.1, 0.15) is 16.3 Å². The molecule has 1 aromatic heterocycles. The van der Waals surface area contributed by atoms with Crippen molar-refractivity contribution in [3.05, 3.63) is 64.3 Å². The van der Waals surface area contributed by atoms with Crippen LogP contribution in [0.5, 0.6) is 0 Å². The first kappa shape index (κ1) is 32.9. The summed E-state index contributed by atoms with van der Waals surface area (Å²) in [6.07, 6.45) is 8.60. The van der Waals surface area contributed by atoms with E-state index in [1.807, 2.05) is 39.0 Å². The Morgan fingerprint density at radius 2 is 1.96 bits per heavy atom. The van der Waals surface area contributed by atoms with Crippen LogP contribution in [0.15, 0.2) is 36.4 Å². The van der Waals surface area contributed by atoms with Crippen LogP contribution in [0.2, 0.25) is 5.02 Å². The fourth-order valence-corrected chi connectivity index (χ4v) is 6.39. The number of hydrogen-bond donors (Lipinski definition) is 2. The molecule has 13 heteroatoms. The van der Waals surface area contributed by atoms with Crippen molar-refractivity contribution in [2.75, 3.05) is 45.2 Å². The highest BCUT2D eigenvalue weighted by Crippen LogP contribution is 2.40. The molecule has 2 aliphatic heterocycles. The summed E-state index contributed by atoms with van der Waals surface area (Å²) in [5, 5.41) is 11.0. The van der Waals surface area contributed by atoms with Gasteiger partial charge in [-0.3, -0.25) is 15.1 Å². The molecule has 3 aliphatic rings. The zero-order chi connectivity index (χ0) is 32.3. The molecule has 1 aromatic carbocycles. The summed E-state index contributed by atoms with van der Waals surface area (Å²) in [7, 11) is 1.61. The molecule has 5 rings (SSSR count). The topological polar surface area (TPSA) is 101 Å². The van der Waals surface area contributed by atoms with E-state index in [1.54, 1.807) is 22.8 Å². The molecule has 2 fully saturated rings. The first-order valence-corrected chi connectivity index (χ1v) is 15.7. The number of methoxy groups -OCH3 is 1. The minimum absolute atomic E-state index is 0.232. The summed E-state index contributed by atoms with van der Waals surface area (Å²) in [6.45, 7) is 8.08. The summed E-state index contributed by atoms with van der Waals surface area (Å²) >= 11 is 6.97. The molecule has 2 aromatic rings. The van der Waals surface area contributed by atoms with Crippen LogP contribution >= 0.6 is 11.6 Å². The molecule has 2 N–H and O–H groups in total. The van der Waals surface area contributed by atoms with E-state index in [4.69, 9.17) is 26.2 Å². The van der Waals surface area contributed by atoms with E-state index >= 15 is 0 Å². The number of nitrogens with zero attached hydrogens (tertiary/aromatic N) is 4. The number of carbonyl (C=O) groups excluding carboxylic acids is 2. The van der Waals surface area contributed by atoms with Crippen molar-refractivity contribution in [1.82, 2.24) is 24.9 Å². The standard InChI is InChI=1S/C32H41ClF2N6O4/c1-32(2,3)45-31(43)40-14-8-11-26(40)28-27(33)29(41(38-28)21-9-6-5-7-10-21)37-30(42)36-25-19-39(15-16-44-4)18-22(25)20-12-13-23(34)24(35)17-20/h6,9-10,12-13,17,22,25-26H,5,7-8,11,14-16,18-19H2,1-4H3,(H2,36,37,42). The van der Waals surface area contributed by atoms with Crippen LogP contribution in [0.1, 0.15) is 69.7 Å². The average molecular weight is 647 g/mol. The molecular weight excluding hydrogens is 606 g/mol. The number of benzene rings is 1. The van der Waals surface area contributed by atoms with Gasteiger partial charge in [0.05, 0.1) is 24.4 Å². The van der Waals surface area contributed by atoms with E-state index in [-0.39, 0.29) is 16.8 Å². The Morgan fingerprint density at radius 3 is 2.64 bits per heavy atom. The highest BCUT2D eigenvalue weighted by atomic mass is 35.5. The smallest absolute Gasteiger partial charge is 0.410 e. The lowest BCUT2D eigenvalue weighted by Crippen LogP contribution is -2.42. The Kier molecular flexibility index (Phi) is 10.1. The SMILES string of the molecule is COCCN1CC(NC(=O)Nc2c(Cl)c(C3CCCN3C(=O)OC(C)(C)C)nn2C2=CCCC=C2)C(c2ccc(F)c(F)c2)C1. The minimum Gasteiger partial charge on any atom is -0.444 e. The molecule has 3 atom stereocenters. The highest BCUT2D eigenvalue weighted by molar-refractivity contribution is 6.34. The molecule has 0 spiro atoms. The van der Waals surface area contributed by atoms with E-state index in [0.29, 0.717) is 50.5 Å². The lowest BCUT2D eigenvalue weighted by Gasteiger charge is -2.28. The van der Waals surface area contributed by atoms with Crippen molar-refractivity contribution in [3.63, 3.8) is 0 Å². The van der Waals surface area contributed by atoms with Gasteiger partial charge in [-0.25, -0.2) is 23.1 Å². The fraction of sp³-hybridized carbons (Fsp3) is 0.531. The number of rotatable bonds is 8. The summed E-state index contributed by atoms with van der Waals surface area (Å²) in [5.41, 5.74) is 1.15. The highest BCUT2D eigenvalue weighted by Gasteiger charge is 2.39. The van der Waals surface area contributed by atoms with E-state index in [1.165, 1.54) is 6.07 Å². The van der Waals surface area contributed by atoms with Crippen LogP contribution in [0.3, 0.4) is 0 Å². The minimum atomic E-state index is -0.935. The summed E-state index contributed by atoms with van der Waals surface area (Å²) in [4.78, 5) is 30.4. The number of ether oxygens (including phenoxy) is 2. The third kappa shape index (κ3) is 7.67. The van der Waals surface area contributed by atoms with Crippen molar-refractivity contribution >= 4 is 35.2 Å². The number of anilines is 1. The maximum absolute atomic E-state index is 14.2. The van der Waals surface area contributed by atoms with Crippen molar-refractivity contribution in [1.29, 1.82) is 0 Å². The predicted molar refractivity (Wildman–Crippen MR) is 168 cm³/mol. The van der Waals surface area contributed by atoms with Gasteiger partial charge in [0.2, 0.25) is 0 Å². The zero-order valence-corrected chi connectivity index (χ0v) is 26.9. The number of urea groups is 1. The molecule has 3 heterocycles. The van der Waals surface area contributed by atoms with Crippen molar-refractivity contribution in [2.45, 2.75) is 70.1 Å². The second-order valence-electron chi connectivity index (χ2n) is 12.6.